The second-order valence-corrected chi connectivity index (χ2v) is 4.00. The summed E-state index contributed by atoms with van der Waals surface area (Å²) in [4.78, 5) is 11.1. The van der Waals surface area contributed by atoms with Gasteiger partial charge >= 0.3 is 0 Å². The smallest absolute Gasteiger partial charge is 0.248 e. The molecule has 2 nitrogen and oxygen atoms in total. The molecular weight excluding hydrogens is 210 g/mol. The van der Waals surface area contributed by atoms with Gasteiger partial charge in [0, 0.05) is 5.56 Å². The first-order chi connectivity index (χ1) is 8.20. The largest absolute Gasteiger partial charge is 0.366 e. The van der Waals surface area contributed by atoms with Gasteiger partial charge in [0.15, 0.2) is 0 Å². The van der Waals surface area contributed by atoms with Gasteiger partial charge < -0.3 is 5.73 Å². The summed E-state index contributed by atoms with van der Waals surface area (Å²) >= 11 is 0. The first-order valence-electron chi connectivity index (χ1n) is 5.70. The van der Waals surface area contributed by atoms with E-state index >= 15 is 0 Å². The topological polar surface area (TPSA) is 43.1 Å². The number of carbonyl (C=O) groups excluding carboxylic acids is 1. The summed E-state index contributed by atoms with van der Waals surface area (Å²) in [6.07, 6.45) is 1.00. The van der Waals surface area contributed by atoms with E-state index in [0.717, 1.165) is 17.5 Å². The van der Waals surface area contributed by atoms with E-state index in [1.165, 1.54) is 5.56 Å². The lowest BCUT2D eigenvalue weighted by atomic mass is 10.0. The summed E-state index contributed by atoms with van der Waals surface area (Å²) in [7, 11) is 0. The Kier molecular flexibility index (Phi) is 3.24. The van der Waals surface area contributed by atoms with E-state index in [9.17, 15) is 4.79 Å². The van der Waals surface area contributed by atoms with Crippen molar-refractivity contribution in [2.24, 2.45) is 5.73 Å². The van der Waals surface area contributed by atoms with Crippen LogP contribution in [-0.2, 0) is 6.42 Å². The molecule has 0 aliphatic rings. The molecule has 0 fully saturated rings. The minimum Gasteiger partial charge on any atom is -0.366 e. The maximum atomic E-state index is 11.1. The summed E-state index contributed by atoms with van der Waals surface area (Å²) in [5, 5.41) is 0. The number of hydrogen-bond donors (Lipinski definition) is 1. The fourth-order valence-electron chi connectivity index (χ4n) is 1.82. The Morgan fingerprint density at radius 3 is 2.35 bits per heavy atom. The average Bonchev–Trinajstić information content (AvgIpc) is 2.39. The van der Waals surface area contributed by atoms with Crippen molar-refractivity contribution >= 4 is 5.91 Å². The molecule has 2 aromatic carbocycles. The zero-order valence-electron chi connectivity index (χ0n) is 9.81. The lowest BCUT2D eigenvalue weighted by molar-refractivity contribution is 0.100. The highest BCUT2D eigenvalue weighted by Crippen LogP contribution is 2.21. The van der Waals surface area contributed by atoms with E-state index in [0.29, 0.717) is 5.56 Å². The van der Waals surface area contributed by atoms with E-state index in [4.69, 9.17) is 5.73 Å². The molecular formula is C15H15NO. The standard InChI is InChI=1S/C15H15NO/c1-2-11-5-3-6-12(9-11)13-7-4-8-14(10-13)15(16)17/h3-10H,2H2,1H3,(H2,16,17). The van der Waals surface area contributed by atoms with Crippen molar-refractivity contribution in [3.05, 3.63) is 59.7 Å². The van der Waals surface area contributed by atoms with Gasteiger partial charge in [0.05, 0.1) is 0 Å². The minimum atomic E-state index is -0.390. The lowest BCUT2D eigenvalue weighted by Crippen LogP contribution is -2.10. The fraction of sp³-hybridized carbons (Fsp3) is 0.133. The average molecular weight is 225 g/mol. The van der Waals surface area contributed by atoms with Crippen LogP contribution in [0.5, 0.6) is 0 Å². The quantitative estimate of drug-likeness (QED) is 0.857. The van der Waals surface area contributed by atoms with Gasteiger partial charge in [-0.25, -0.2) is 0 Å². The summed E-state index contributed by atoms with van der Waals surface area (Å²) in [5.74, 6) is -0.390. The molecule has 0 aliphatic carbocycles. The molecule has 0 heterocycles. The number of carbonyl (C=O) groups is 1. The molecule has 0 radical (unpaired) electrons. The van der Waals surface area contributed by atoms with Crippen LogP contribution in [0.2, 0.25) is 0 Å². The molecule has 0 atom stereocenters. The maximum absolute atomic E-state index is 11.1. The van der Waals surface area contributed by atoms with Crippen LogP contribution in [0.1, 0.15) is 22.8 Å². The molecule has 0 saturated heterocycles. The van der Waals surface area contributed by atoms with E-state index < -0.39 is 5.91 Å². The van der Waals surface area contributed by atoms with Crippen LogP contribution >= 0.6 is 0 Å². The molecule has 2 rings (SSSR count). The fourth-order valence-corrected chi connectivity index (χ4v) is 1.82. The normalized spacial score (nSPS) is 10.2. The van der Waals surface area contributed by atoms with E-state index in [1.54, 1.807) is 6.07 Å². The molecule has 0 bridgehead atoms. The molecule has 2 heteroatoms. The summed E-state index contributed by atoms with van der Waals surface area (Å²) in [5.41, 5.74) is 9.25. The highest BCUT2D eigenvalue weighted by molar-refractivity contribution is 5.94. The van der Waals surface area contributed by atoms with Gasteiger partial charge in [0.25, 0.3) is 0 Å². The third-order valence-electron chi connectivity index (χ3n) is 2.82. The Hall–Kier alpha value is -2.09. The Labute approximate surface area is 101 Å². The van der Waals surface area contributed by atoms with Crippen molar-refractivity contribution in [3.63, 3.8) is 0 Å². The Balaban J connectivity index is 2.45. The molecule has 0 unspecified atom stereocenters. The first kappa shape index (κ1) is 11.4. The number of hydrogen-bond acceptors (Lipinski definition) is 1. The number of rotatable bonds is 3. The van der Waals surface area contributed by atoms with Crippen molar-refractivity contribution in [1.29, 1.82) is 0 Å². The van der Waals surface area contributed by atoms with Crippen molar-refractivity contribution in [2.45, 2.75) is 13.3 Å². The minimum absolute atomic E-state index is 0.390. The van der Waals surface area contributed by atoms with Crippen LogP contribution in [-0.4, -0.2) is 5.91 Å². The number of amides is 1. The molecule has 2 N–H and O–H groups in total. The van der Waals surface area contributed by atoms with Gasteiger partial charge in [0.1, 0.15) is 0 Å². The Morgan fingerprint density at radius 1 is 1.06 bits per heavy atom. The van der Waals surface area contributed by atoms with Crippen LogP contribution in [0.3, 0.4) is 0 Å². The Morgan fingerprint density at radius 2 is 1.71 bits per heavy atom. The van der Waals surface area contributed by atoms with Crippen molar-refractivity contribution < 1.29 is 4.79 Å². The number of primary amides is 1. The van der Waals surface area contributed by atoms with E-state index in [-0.39, 0.29) is 0 Å². The molecule has 17 heavy (non-hydrogen) atoms. The number of aryl methyl sites for hydroxylation is 1. The second kappa shape index (κ2) is 4.83. The van der Waals surface area contributed by atoms with Gasteiger partial charge in [-0.05, 0) is 35.2 Å². The van der Waals surface area contributed by atoms with Crippen LogP contribution < -0.4 is 5.73 Å². The summed E-state index contributed by atoms with van der Waals surface area (Å²) in [6, 6.07) is 15.7. The highest BCUT2D eigenvalue weighted by Gasteiger charge is 2.03. The van der Waals surface area contributed by atoms with Crippen LogP contribution in [0.4, 0.5) is 0 Å². The zero-order chi connectivity index (χ0) is 12.3. The molecule has 0 aromatic heterocycles. The molecule has 0 aliphatic heterocycles. The SMILES string of the molecule is CCc1cccc(-c2cccc(C(N)=O)c2)c1. The van der Waals surface area contributed by atoms with Gasteiger partial charge in [-0.1, -0.05) is 43.3 Å². The monoisotopic (exact) mass is 225 g/mol. The predicted octanol–water partition coefficient (Wildman–Crippen LogP) is 3.01. The van der Waals surface area contributed by atoms with Gasteiger partial charge in [-0.15, -0.1) is 0 Å². The third-order valence-corrected chi connectivity index (χ3v) is 2.82. The number of nitrogens with two attached hydrogens (primary N) is 1. The second-order valence-electron chi connectivity index (χ2n) is 4.00. The molecule has 1 amide bonds. The van der Waals surface area contributed by atoms with Crippen molar-refractivity contribution in [3.8, 4) is 11.1 Å². The zero-order valence-corrected chi connectivity index (χ0v) is 9.81. The van der Waals surface area contributed by atoms with Crippen LogP contribution in [0.25, 0.3) is 11.1 Å². The number of benzene rings is 2. The molecule has 0 spiro atoms. The van der Waals surface area contributed by atoms with Crippen LogP contribution in [0, 0.1) is 0 Å². The lowest BCUT2D eigenvalue weighted by Gasteiger charge is -2.05. The predicted molar refractivity (Wildman–Crippen MR) is 69.8 cm³/mol. The molecule has 2 aromatic rings. The summed E-state index contributed by atoms with van der Waals surface area (Å²) < 4.78 is 0. The first-order valence-corrected chi connectivity index (χ1v) is 5.70. The van der Waals surface area contributed by atoms with Gasteiger partial charge in [0.2, 0.25) is 5.91 Å². The highest BCUT2D eigenvalue weighted by atomic mass is 16.1. The Bertz CT molecular complexity index is 546. The van der Waals surface area contributed by atoms with Crippen molar-refractivity contribution in [1.82, 2.24) is 0 Å². The third kappa shape index (κ3) is 2.53. The van der Waals surface area contributed by atoms with E-state index in [2.05, 4.69) is 19.1 Å². The maximum Gasteiger partial charge on any atom is 0.248 e. The molecule has 86 valence electrons. The summed E-state index contributed by atoms with van der Waals surface area (Å²) in [6.45, 7) is 2.12. The van der Waals surface area contributed by atoms with Crippen LogP contribution in [0.15, 0.2) is 48.5 Å². The molecule has 0 saturated carbocycles. The van der Waals surface area contributed by atoms with E-state index in [1.807, 2.05) is 30.3 Å². The van der Waals surface area contributed by atoms with Gasteiger partial charge in [-0.2, -0.15) is 0 Å². The van der Waals surface area contributed by atoms with Crippen molar-refractivity contribution in [2.75, 3.05) is 0 Å². The van der Waals surface area contributed by atoms with Gasteiger partial charge in [-0.3, -0.25) is 4.79 Å².